The molecule has 0 saturated carbocycles. The van der Waals surface area contributed by atoms with Crippen LogP contribution < -0.4 is 9.46 Å². The Morgan fingerprint density at radius 2 is 1.95 bits per heavy atom. The highest BCUT2D eigenvalue weighted by Crippen LogP contribution is 2.25. The molecule has 0 amide bonds. The van der Waals surface area contributed by atoms with Gasteiger partial charge in [0.1, 0.15) is 5.75 Å². The van der Waals surface area contributed by atoms with E-state index in [0.717, 1.165) is 11.1 Å². The molecular weight excluding hydrogens is 288 g/mol. The second-order valence-electron chi connectivity index (χ2n) is 5.10. The highest BCUT2D eigenvalue weighted by atomic mass is 32.2. The molecule has 0 saturated heterocycles. The third kappa shape index (κ3) is 3.46. The van der Waals surface area contributed by atoms with E-state index in [0.29, 0.717) is 11.3 Å². The molecule has 0 atom stereocenters. The first-order valence-electron chi connectivity index (χ1n) is 6.59. The number of benzene rings is 1. The number of aromatic nitrogens is 1. The SMILES string of the molecule is COc1cc(C)c(S(=O)(=O)NCc2ccn(C)c2)cc1C. The van der Waals surface area contributed by atoms with Gasteiger partial charge in [-0.1, -0.05) is 0 Å². The molecule has 0 bridgehead atoms. The minimum absolute atomic E-state index is 0.272. The first-order chi connectivity index (χ1) is 9.83. The second-order valence-corrected chi connectivity index (χ2v) is 6.83. The van der Waals surface area contributed by atoms with Gasteiger partial charge in [0.15, 0.2) is 0 Å². The largest absolute Gasteiger partial charge is 0.496 e. The van der Waals surface area contributed by atoms with Crippen LogP contribution in [0.1, 0.15) is 16.7 Å². The lowest BCUT2D eigenvalue weighted by Gasteiger charge is -2.12. The Hall–Kier alpha value is -1.79. The van der Waals surface area contributed by atoms with E-state index in [-0.39, 0.29) is 11.4 Å². The third-order valence-electron chi connectivity index (χ3n) is 3.34. The minimum atomic E-state index is -3.54. The molecule has 0 fully saturated rings. The predicted molar refractivity (Wildman–Crippen MR) is 81.9 cm³/mol. The molecule has 0 aliphatic carbocycles. The fourth-order valence-electron chi connectivity index (χ4n) is 2.19. The highest BCUT2D eigenvalue weighted by molar-refractivity contribution is 7.89. The van der Waals surface area contributed by atoms with E-state index in [9.17, 15) is 8.42 Å². The number of aryl methyl sites for hydroxylation is 3. The minimum Gasteiger partial charge on any atom is -0.496 e. The fourth-order valence-corrected chi connectivity index (χ4v) is 3.52. The maximum Gasteiger partial charge on any atom is 0.241 e. The fraction of sp³-hybridized carbons (Fsp3) is 0.333. The van der Waals surface area contributed by atoms with Crippen molar-refractivity contribution in [3.05, 3.63) is 47.3 Å². The van der Waals surface area contributed by atoms with Crippen LogP contribution in [-0.2, 0) is 23.6 Å². The average molecular weight is 308 g/mol. The molecule has 1 aromatic carbocycles. The zero-order chi connectivity index (χ0) is 15.6. The van der Waals surface area contributed by atoms with Crippen molar-refractivity contribution in [3.8, 4) is 5.75 Å². The van der Waals surface area contributed by atoms with Crippen LogP contribution in [0.3, 0.4) is 0 Å². The topological polar surface area (TPSA) is 60.3 Å². The number of nitrogens with one attached hydrogen (secondary N) is 1. The Bertz CT molecular complexity index is 748. The van der Waals surface area contributed by atoms with E-state index in [1.807, 2.05) is 37.0 Å². The third-order valence-corrected chi connectivity index (χ3v) is 4.88. The maximum atomic E-state index is 12.4. The zero-order valence-corrected chi connectivity index (χ0v) is 13.5. The van der Waals surface area contributed by atoms with Crippen LogP contribution in [0, 0.1) is 13.8 Å². The number of hydrogen-bond donors (Lipinski definition) is 1. The molecule has 5 nitrogen and oxygen atoms in total. The van der Waals surface area contributed by atoms with Gasteiger partial charge in [0.25, 0.3) is 0 Å². The van der Waals surface area contributed by atoms with E-state index in [4.69, 9.17) is 4.74 Å². The number of nitrogens with zero attached hydrogens (tertiary/aromatic N) is 1. The molecule has 2 aromatic rings. The normalized spacial score (nSPS) is 11.6. The van der Waals surface area contributed by atoms with E-state index < -0.39 is 10.0 Å². The van der Waals surface area contributed by atoms with Crippen molar-refractivity contribution in [1.29, 1.82) is 0 Å². The van der Waals surface area contributed by atoms with Gasteiger partial charge in [-0.15, -0.1) is 0 Å². The predicted octanol–water partition coefficient (Wildman–Crippen LogP) is 2.13. The van der Waals surface area contributed by atoms with Crippen LogP contribution in [0.2, 0.25) is 0 Å². The van der Waals surface area contributed by atoms with Crippen molar-refractivity contribution >= 4 is 10.0 Å². The van der Waals surface area contributed by atoms with Crippen LogP contribution in [0.4, 0.5) is 0 Å². The summed E-state index contributed by atoms with van der Waals surface area (Å²) in [6.45, 7) is 3.86. The number of sulfonamides is 1. The second kappa shape index (κ2) is 5.91. The summed E-state index contributed by atoms with van der Waals surface area (Å²) >= 11 is 0. The summed E-state index contributed by atoms with van der Waals surface area (Å²) in [4.78, 5) is 0.289. The summed E-state index contributed by atoms with van der Waals surface area (Å²) in [7, 11) is -0.0714. The lowest BCUT2D eigenvalue weighted by molar-refractivity contribution is 0.411. The van der Waals surface area contributed by atoms with Crippen LogP contribution in [0.15, 0.2) is 35.5 Å². The Balaban J connectivity index is 2.25. The van der Waals surface area contributed by atoms with Crippen molar-refractivity contribution in [2.24, 2.45) is 7.05 Å². The maximum absolute atomic E-state index is 12.4. The molecule has 0 unspecified atom stereocenters. The molecule has 0 spiro atoms. The number of methoxy groups -OCH3 is 1. The van der Waals surface area contributed by atoms with Gasteiger partial charge in [-0.3, -0.25) is 0 Å². The summed E-state index contributed by atoms with van der Waals surface area (Å²) in [6.07, 6.45) is 3.76. The van der Waals surface area contributed by atoms with Gasteiger partial charge in [0.05, 0.1) is 12.0 Å². The van der Waals surface area contributed by atoms with E-state index in [1.165, 1.54) is 0 Å². The van der Waals surface area contributed by atoms with Gasteiger partial charge >= 0.3 is 0 Å². The molecular formula is C15H20N2O3S. The molecule has 0 aliphatic heterocycles. The summed E-state index contributed by atoms with van der Waals surface area (Å²) in [5.74, 6) is 0.689. The molecule has 6 heteroatoms. The van der Waals surface area contributed by atoms with Gasteiger partial charge in [0, 0.05) is 26.0 Å². The van der Waals surface area contributed by atoms with Gasteiger partial charge in [-0.2, -0.15) is 0 Å². The molecule has 1 heterocycles. The molecule has 0 radical (unpaired) electrons. The number of rotatable bonds is 5. The average Bonchev–Trinajstić information content (AvgIpc) is 2.84. The standard InChI is InChI=1S/C15H20N2O3S/c1-11-8-15(12(2)7-14(11)20-4)21(18,19)16-9-13-5-6-17(3)10-13/h5-8,10,16H,9H2,1-4H3. The van der Waals surface area contributed by atoms with Crippen LogP contribution >= 0.6 is 0 Å². The lowest BCUT2D eigenvalue weighted by atomic mass is 10.1. The van der Waals surface area contributed by atoms with Crippen molar-refractivity contribution in [2.45, 2.75) is 25.3 Å². The van der Waals surface area contributed by atoms with E-state index >= 15 is 0 Å². The van der Waals surface area contributed by atoms with E-state index in [2.05, 4.69) is 4.72 Å². The first kappa shape index (κ1) is 15.6. The Morgan fingerprint density at radius 3 is 2.52 bits per heavy atom. The molecule has 2 rings (SSSR count). The zero-order valence-electron chi connectivity index (χ0n) is 12.7. The summed E-state index contributed by atoms with van der Waals surface area (Å²) in [5.41, 5.74) is 2.38. The van der Waals surface area contributed by atoms with Crippen LogP contribution in [0.25, 0.3) is 0 Å². The molecule has 1 N–H and O–H groups in total. The molecule has 21 heavy (non-hydrogen) atoms. The van der Waals surface area contributed by atoms with Gasteiger partial charge in [0.2, 0.25) is 10.0 Å². The van der Waals surface area contributed by atoms with Crippen molar-refractivity contribution < 1.29 is 13.2 Å². The lowest BCUT2D eigenvalue weighted by Crippen LogP contribution is -2.24. The van der Waals surface area contributed by atoms with Gasteiger partial charge in [-0.25, -0.2) is 13.1 Å². The van der Waals surface area contributed by atoms with Crippen LogP contribution in [-0.4, -0.2) is 20.1 Å². The Morgan fingerprint density at radius 1 is 1.24 bits per heavy atom. The number of ether oxygens (including phenoxy) is 1. The molecule has 1 aromatic heterocycles. The first-order valence-corrected chi connectivity index (χ1v) is 8.07. The van der Waals surface area contributed by atoms with Crippen molar-refractivity contribution in [3.63, 3.8) is 0 Å². The molecule has 114 valence electrons. The number of hydrogen-bond acceptors (Lipinski definition) is 3. The van der Waals surface area contributed by atoms with Crippen molar-refractivity contribution in [2.75, 3.05) is 7.11 Å². The van der Waals surface area contributed by atoms with Gasteiger partial charge in [-0.05, 0) is 48.7 Å². The monoisotopic (exact) mass is 308 g/mol. The van der Waals surface area contributed by atoms with Gasteiger partial charge < -0.3 is 9.30 Å². The smallest absolute Gasteiger partial charge is 0.241 e. The summed E-state index contributed by atoms with van der Waals surface area (Å²) < 4.78 is 34.6. The molecule has 0 aliphatic rings. The Kier molecular flexibility index (Phi) is 4.39. The van der Waals surface area contributed by atoms with Crippen LogP contribution in [0.5, 0.6) is 5.75 Å². The van der Waals surface area contributed by atoms with E-state index in [1.54, 1.807) is 26.2 Å². The van der Waals surface area contributed by atoms with Crippen molar-refractivity contribution in [1.82, 2.24) is 9.29 Å². The highest BCUT2D eigenvalue weighted by Gasteiger charge is 2.18. The summed E-state index contributed by atoms with van der Waals surface area (Å²) in [5, 5.41) is 0. The Labute approximate surface area is 125 Å². The quantitative estimate of drug-likeness (QED) is 0.920. The summed E-state index contributed by atoms with van der Waals surface area (Å²) in [6, 6.07) is 5.27.